The van der Waals surface area contributed by atoms with Gasteiger partial charge in [-0.1, -0.05) is 41.5 Å². The summed E-state index contributed by atoms with van der Waals surface area (Å²) in [5, 5.41) is 55.6. The summed E-state index contributed by atoms with van der Waals surface area (Å²) in [5.41, 5.74) is 16.2. The molecule has 27 heteroatoms. The van der Waals surface area contributed by atoms with Crippen LogP contribution in [-0.2, 0) is 52.7 Å². The van der Waals surface area contributed by atoms with Crippen molar-refractivity contribution in [2.75, 3.05) is 26.2 Å². The number of carbonyl (C=O) groups excluding carboxylic acids is 8. The molecule has 69 heavy (non-hydrogen) atoms. The van der Waals surface area contributed by atoms with E-state index in [2.05, 4.69) is 42.2 Å². The Balaban J connectivity index is 3.41. The lowest BCUT2D eigenvalue weighted by molar-refractivity contribution is -0.149. The molecule has 0 radical (unpaired) electrons. The molecule has 0 spiro atoms. The van der Waals surface area contributed by atoms with E-state index >= 15 is 0 Å². The highest BCUT2D eigenvalue weighted by Crippen LogP contribution is 2.21. The second-order valence-corrected chi connectivity index (χ2v) is 17.8. The number of guanidine groups is 1. The van der Waals surface area contributed by atoms with Gasteiger partial charge in [0.1, 0.15) is 48.3 Å². The molecule has 17 N–H and O–H groups in total. The third-order valence-corrected chi connectivity index (χ3v) is 10.6. The first-order chi connectivity index (χ1) is 32.2. The van der Waals surface area contributed by atoms with Crippen LogP contribution in [0.1, 0.15) is 99.3 Å². The maximum atomic E-state index is 13.9. The molecule has 8 atom stereocenters. The van der Waals surface area contributed by atoms with Gasteiger partial charge in [-0.2, -0.15) is 0 Å². The molecule has 1 aliphatic heterocycles. The van der Waals surface area contributed by atoms with E-state index in [0.717, 1.165) is 0 Å². The number of likely N-dealkylation sites (tertiary alicyclic amines) is 1. The molecular weight excluding hydrogens is 913 g/mol. The number of rotatable bonds is 31. The van der Waals surface area contributed by atoms with Gasteiger partial charge < -0.3 is 79.7 Å². The zero-order valence-electron chi connectivity index (χ0n) is 39.9. The van der Waals surface area contributed by atoms with Crippen molar-refractivity contribution >= 4 is 71.1 Å². The highest BCUT2D eigenvalue weighted by atomic mass is 16.4. The SMILES string of the molecule is CC(C)C[C@H](NC(=O)[C@H](CC(=O)O)NC(=O)[C@H](CCC(=O)O)NC(=O)[C@@H](NC(=O)CN)C(C)C)C(=O)N[C@@H](CO)C(=O)N[C@@H](CCCN=C(N)N)C(=O)N[C@@H](CC(C)C)C(=O)N1CCC[C@H]1C(=O)O. The van der Waals surface area contributed by atoms with Crippen LogP contribution in [0, 0.1) is 17.8 Å². The Morgan fingerprint density at radius 3 is 1.61 bits per heavy atom. The van der Waals surface area contributed by atoms with E-state index in [9.17, 15) is 73.2 Å². The van der Waals surface area contributed by atoms with Crippen LogP contribution < -0.4 is 54.4 Å². The standard InChI is InChI=1S/C42H72N12O15/c1-20(2)15-25(49-37(64)26(17-32(59)60)50-35(62)24(11-12-31(57)58)48-39(66)33(22(5)6)53-30(56)18-43)36(63)52-28(19-55)38(65)47-23(9-7-13-46-42(44)45)34(61)51-27(16-21(3)4)40(67)54-14-8-10-29(54)41(68)69/h20-29,33,55H,7-19,43H2,1-6H3,(H,47,65)(H,48,66)(H,49,64)(H,50,62)(H,51,61)(H,52,63)(H,53,56)(H,57,58)(H,59,60)(H,68,69)(H4,44,45,46)/t23-,24-,25-,26-,27-,28-,29-,33-/m0/s1. The lowest BCUT2D eigenvalue weighted by Crippen LogP contribution is -2.61. The minimum atomic E-state index is -1.93. The minimum absolute atomic E-state index is 0.00951. The Bertz CT molecular complexity index is 1860. The number of aliphatic hydroxyl groups excluding tert-OH is 1. The monoisotopic (exact) mass is 985 g/mol. The number of aliphatic hydroxyl groups is 1. The van der Waals surface area contributed by atoms with Crippen molar-refractivity contribution in [1.82, 2.24) is 42.1 Å². The van der Waals surface area contributed by atoms with Gasteiger partial charge in [0, 0.05) is 19.5 Å². The fraction of sp³-hybridized carbons (Fsp3) is 0.714. The molecule has 0 unspecified atom stereocenters. The third-order valence-electron chi connectivity index (χ3n) is 10.6. The Labute approximate surface area is 399 Å². The average Bonchev–Trinajstić information content (AvgIpc) is 3.75. The van der Waals surface area contributed by atoms with E-state index in [0.29, 0.717) is 6.42 Å². The van der Waals surface area contributed by atoms with Gasteiger partial charge in [0.25, 0.3) is 0 Å². The Morgan fingerprint density at radius 2 is 1.10 bits per heavy atom. The zero-order chi connectivity index (χ0) is 52.7. The lowest BCUT2D eigenvalue weighted by Gasteiger charge is -2.30. The van der Waals surface area contributed by atoms with Gasteiger partial charge in [-0.3, -0.25) is 52.9 Å². The van der Waals surface area contributed by atoms with E-state index in [1.807, 2.05) is 0 Å². The fourth-order valence-corrected chi connectivity index (χ4v) is 7.16. The largest absolute Gasteiger partial charge is 0.481 e. The van der Waals surface area contributed by atoms with Crippen LogP contribution in [0.5, 0.6) is 0 Å². The molecule has 27 nitrogen and oxygen atoms in total. The molecule has 0 saturated carbocycles. The van der Waals surface area contributed by atoms with Gasteiger partial charge in [-0.15, -0.1) is 0 Å². The quantitative estimate of drug-likeness (QED) is 0.0177. The van der Waals surface area contributed by atoms with Gasteiger partial charge in [0.15, 0.2) is 5.96 Å². The molecule has 0 aliphatic carbocycles. The van der Waals surface area contributed by atoms with Crippen molar-refractivity contribution < 1.29 is 73.2 Å². The number of nitrogens with two attached hydrogens (primary N) is 3. The maximum Gasteiger partial charge on any atom is 0.326 e. The molecule has 0 aromatic heterocycles. The molecule has 8 amide bonds. The van der Waals surface area contributed by atoms with E-state index < -0.39 is 152 Å². The summed E-state index contributed by atoms with van der Waals surface area (Å²) in [7, 11) is 0. The molecule has 390 valence electrons. The van der Waals surface area contributed by atoms with Crippen molar-refractivity contribution in [2.24, 2.45) is 39.9 Å². The Kier molecular flexibility index (Phi) is 26.2. The second-order valence-electron chi connectivity index (χ2n) is 17.8. The van der Waals surface area contributed by atoms with Gasteiger partial charge >= 0.3 is 17.9 Å². The summed E-state index contributed by atoms with van der Waals surface area (Å²) in [4.78, 5) is 148. The van der Waals surface area contributed by atoms with Crippen LogP contribution >= 0.6 is 0 Å². The number of carboxylic acids is 3. The summed E-state index contributed by atoms with van der Waals surface area (Å²) in [6.45, 7) is 8.66. The van der Waals surface area contributed by atoms with Crippen molar-refractivity contribution in [3.05, 3.63) is 0 Å². The first kappa shape index (κ1) is 60.4. The van der Waals surface area contributed by atoms with Gasteiger partial charge in [-0.25, -0.2) is 4.79 Å². The van der Waals surface area contributed by atoms with Crippen molar-refractivity contribution in [3.63, 3.8) is 0 Å². The summed E-state index contributed by atoms with van der Waals surface area (Å²) in [5.74, 6) is -13.1. The number of aliphatic carboxylic acids is 3. The number of hydrogen-bond donors (Lipinski definition) is 14. The number of nitrogens with zero attached hydrogens (tertiary/aromatic N) is 2. The average molecular weight is 985 g/mol. The van der Waals surface area contributed by atoms with E-state index in [-0.39, 0.29) is 63.0 Å². The first-order valence-electron chi connectivity index (χ1n) is 22.7. The predicted molar refractivity (Wildman–Crippen MR) is 245 cm³/mol. The summed E-state index contributed by atoms with van der Waals surface area (Å²) < 4.78 is 0. The maximum absolute atomic E-state index is 13.9. The highest BCUT2D eigenvalue weighted by Gasteiger charge is 2.39. The van der Waals surface area contributed by atoms with Gasteiger partial charge in [0.2, 0.25) is 47.3 Å². The van der Waals surface area contributed by atoms with Crippen LogP contribution in [0.2, 0.25) is 0 Å². The molecule has 1 saturated heterocycles. The van der Waals surface area contributed by atoms with Crippen LogP contribution in [0.25, 0.3) is 0 Å². The van der Waals surface area contributed by atoms with Crippen molar-refractivity contribution in [3.8, 4) is 0 Å². The molecule has 1 rings (SSSR count). The third kappa shape index (κ3) is 21.9. The van der Waals surface area contributed by atoms with Crippen molar-refractivity contribution in [2.45, 2.75) is 148 Å². The Morgan fingerprint density at radius 1 is 0.623 bits per heavy atom. The van der Waals surface area contributed by atoms with Crippen LogP contribution in [0.3, 0.4) is 0 Å². The summed E-state index contributed by atoms with van der Waals surface area (Å²) >= 11 is 0. The van der Waals surface area contributed by atoms with Crippen LogP contribution in [0.15, 0.2) is 4.99 Å². The Hall–Kier alpha value is -6.64. The number of aliphatic imine (C=N–C) groups is 1. The first-order valence-corrected chi connectivity index (χ1v) is 22.7. The lowest BCUT2D eigenvalue weighted by atomic mass is 10.0. The van der Waals surface area contributed by atoms with Crippen LogP contribution in [-0.4, -0.2) is 171 Å². The smallest absolute Gasteiger partial charge is 0.326 e. The molecular formula is C42H72N12O15. The number of carboxylic acid groups (broad SMARTS) is 3. The normalized spacial score (nSPS) is 16.4. The molecule has 0 bridgehead atoms. The zero-order valence-corrected chi connectivity index (χ0v) is 39.9. The highest BCUT2D eigenvalue weighted by molar-refractivity contribution is 5.99. The molecule has 0 aromatic carbocycles. The van der Waals surface area contributed by atoms with E-state index in [1.165, 1.54) is 4.90 Å². The summed E-state index contributed by atoms with van der Waals surface area (Å²) in [6, 6.07) is -11.9. The number of nitrogens with one attached hydrogen (secondary N) is 7. The van der Waals surface area contributed by atoms with Crippen molar-refractivity contribution in [1.29, 1.82) is 0 Å². The van der Waals surface area contributed by atoms with Gasteiger partial charge in [0.05, 0.1) is 19.6 Å². The number of hydrogen-bond acceptors (Lipinski definition) is 14. The molecule has 1 heterocycles. The predicted octanol–water partition coefficient (Wildman–Crippen LogP) is -4.45. The molecule has 1 aliphatic rings. The van der Waals surface area contributed by atoms with Gasteiger partial charge in [-0.05, 0) is 62.7 Å². The number of carbonyl (C=O) groups is 11. The molecule has 1 fully saturated rings. The van der Waals surface area contributed by atoms with Crippen LogP contribution in [0.4, 0.5) is 0 Å². The molecule has 0 aromatic rings. The fourth-order valence-electron chi connectivity index (χ4n) is 7.16. The second kappa shape index (κ2) is 30.0. The summed E-state index contributed by atoms with van der Waals surface area (Å²) in [6.07, 6.45) is -1.67. The van der Waals surface area contributed by atoms with E-state index in [4.69, 9.17) is 17.2 Å². The minimum Gasteiger partial charge on any atom is -0.481 e. The topological polar surface area (TPSA) is 447 Å². The number of amides is 8. The van der Waals surface area contributed by atoms with E-state index in [1.54, 1.807) is 41.5 Å².